The van der Waals surface area contributed by atoms with E-state index in [-0.39, 0.29) is 12.3 Å². The highest BCUT2D eigenvalue weighted by Crippen LogP contribution is 2.22. The van der Waals surface area contributed by atoms with E-state index in [2.05, 4.69) is 4.98 Å². The molecule has 0 unspecified atom stereocenters. The van der Waals surface area contributed by atoms with Crippen LogP contribution in [-0.4, -0.2) is 23.6 Å². The number of rotatable bonds is 7. The topological polar surface area (TPSA) is 54.7 Å². The number of para-hydroxylation sites is 1. The molecule has 0 N–H and O–H groups in total. The number of pyridine rings is 1. The molecule has 0 saturated heterocycles. The van der Waals surface area contributed by atoms with E-state index in [4.69, 9.17) is 0 Å². The van der Waals surface area contributed by atoms with Crippen molar-refractivity contribution in [2.75, 3.05) is 10.1 Å². The highest BCUT2D eigenvalue weighted by molar-refractivity contribution is 7.92. The summed E-state index contributed by atoms with van der Waals surface area (Å²) in [6, 6.07) is 15.0. The minimum Gasteiger partial charge on any atom is -0.302 e. The Labute approximate surface area is 142 Å². The molecule has 3 aromatic rings. The molecule has 0 fully saturated rings. The normalized spacial score (nSPS) is 11.7. The van der Waals surface area contributed by atoms with Crippen molar-refractivity contribution < 1.29 is 8.42 Å². The highest BCUT2D eigenvalue weighted by Gasteiger charge is 2.23. The second-order valence-electron chi connectivity index (χ2n) is 5.69. The molecular weight excluding hydrogens is 322 g/mol. The molecule has 2 heterocycles. The van der Waals surface area contributed by atoms with Crippen LogP contribution < -0.4 is 4.31 Å². The van der Waals surface area contributed by atoms with E-state index in [0.717, 1.165) is 17.8 Å². The SMILES string of the molecule is CCCCS(=O)(=O)N(Cc1cnc2ccccn12)c1ccccc1. The third kappa shape index (κ3) is 3.43. The Kier molecular flexibility index (Phi) is 4.85. The number of imidazole rings is 1. The van der Waals surface area contributed by atoms with Gasteiger partial charge in [-0.2, -0.15) is 0 Å². The fraction of sp³-hybridized carbons (Fsp3) is 0.278. The Hall–Kier alpha value is -2.34. The molecule has 0 radical (unpaired) electrons. The van der Waals surface area contributed by atoms with E-state index in [0.29, 0.717) is 12.1 Å². The van der Waals surface area contributed by atoms with Crippen LogP contribution in [0.25, 0.3) is 5.65 Å². The van der Waals surface area contributed by atoms with Gasteiger partial charge in [0.1, 0.15) is 5.65 Å². The van der Waals surface area contributed by atoms with Gasteiger partial charge in [0.05, 0.1) is 29.9 Å². The monoisotopic (exact) mass is 343 g/mol. The van der Waals surface area contributed by atoms with Crippen molar-refractivity contribution >= 4 is 21.4 Å². The molecule has 0 bridgehead atoms. The maximum Gasteiger partial charge on any atom is 0.235 e. The maximum atomic E-state index is 12.8. The van der Waals surface area contributed by atoms with Gasteiger partial charge in [-0.3, -0.25) is 4.31 Å². The van der Waals surface area contributed by atoms with E-state index in [1.807, 2.05) is 66.1 Å². The lowest BCUT2D eigenvalue weighted by molar-refractivity contribution is 0.586. The smallest absolute Gasteiger partial charge is 0.235 e. The predicted molar refractivity (Wildman–Crippen MR) is 96.5 cm³/mol. The van der Waals surface area contributed by atoms with E-state index >= 15 is 0 Å². The Morgan fingerprint density at radius 1 is 1.08 bits per heavy atom. The largest absolute Gasteiger partial charge is 0.302 e. The number of anilines is 1. The third-order valence-corrected chi connectivity index (χ3v) is 5.75. The fourth-order valence-corrected chi connectivity index (χ4v) is 4.28. The molecule has 0 amide bonds. The molecule has 0 spiro atoms. The molecular formula is C18H21N3O2S. The summed E-state index contributed by atoms with van der Waals surface area (Å²) >= 11 is 0. The van der Waals surface area contributed by atoms with Crippen molar-refractivity contribution in [3.05, 3.63) is 66.6 Å². The summed E-state index contributed by atoms with van der Waals surface area (Å²) < 4.78 is 29.1. The Morgan fingerprint density at radius 2 is 1.83 bits per heavy atom. The molecule has 1 aromatic carbocycles. The van der Waals surface area contributed by atoms with Gasteiger partial charge in [0.25, 0.3) is 0 Å². The van der Waals surface area contributed by atoms with E-state index in [1.165, 1.54) is 4.31 Å². The summed E-state index contributed by atoms with van der Waals surface area (Å²) in [4.78, 5) is 4.35. The summed E-state index contributed by atoms with van der Waals surface area (Å²) in [5, 5.41) is 0. The number of nitrogens with zero attached hydrogens (tertiary/aromatic N) is 3. The van der Waals surface area contributed by atoms with Gasteiger partial charge in [-0.1, -0.05) is 37.6 Å². The molecule has 0 aliphatic rings. The van der Waals surface area contributed by atoms with Crippen LogP contribution in [0.5, 0.6) is 0 Å². The number of sulfonamides is 1. The first-order valence-corrected chi connectivity index (χ1v) is 9.69. The summed E-state index contributed by atoms with van der Waals surface area (Å²) in [6.07, 6.45) is 5.14. The van der Waals surface area contributed by atoms with Crippen LogP contribution in [-0.2, 0) is 16.6 Å². The zero-order chi connectivity index (χ0) is 17.0. The first-order valence-electron chi connectivity index (χ1n) is 8.08. The Bertz CT molecular complexity index is 904. The van der Waals surface area contributed by atoms with Crippen molar-refractivity contribution in [2.24, 2.45) is 0 Å². The van der Waals surface area contributed by atoms with Crippen molar-refractivity contribution in [1.82, 2.24) is 9.38 Å². The van der Waals surface area contributed by atoms with Gasteiger partial charge in [-0.25, -0.2) is 13.4 Å². The second-order valence-corrected chi connectivity index (χ2v) is 7.70. The lowest BCUT2D eigenvalue weighted by Gasteiger charge is -2.24. The van der Waals surface area contributed by atoms with Crippen LogP contribution in [0, 0.1) is 0 Å². The first-order chi connectivity index (χ1) is 11.6. The van der Waals surface area contributed by atoms with Gasteiger partial charge in [-0.15, -0.1) is 0 Å². The molecule has 2 aromatic heterocycles. The molecule has 0 atom stereocenters. The minimum absolute atomic E-state index is 0.148. The highest BCUT2D eigenvalue weighted by atomic mass is 32.2. The Morgan fingerprint density at radius 3 is 2.58 bits per heavy atom. The number of aromatic nitrogens is 2. The average molecular weight is 343 g/mol. The summed E-state index contributed by atoms with van der Waals surface area (Å²) in [6.45, 7) is 2.26. The zero-order valence-corrected chi connectivity index (χ0v) is 14.5. The molecule has 6 heteroatoms. The van der Waals surface area contributed by atoms with Gasteiger partial charge in [0.2, 0.25) is 10.0 Å². The van der Waals surface area contributed by atoms with Crippen molar-refractivity contribution in [1.29, 1.82) is 0 Å². The molecule has 0 saturated carbocycles. The van der Waals surface area contributed by atoms with Crippen LogP contribution in [0.15, 0.2) is 60.9 Å². The number of unbranched alkanes of at least 4 members (excludes halogenated alkanes) is 1. The molecule has 0 aliphatic carbocycles. The number of hydrogen-bond donors (Lipinski definition) is 0. The average Bonchev–Trinajstić information content (AvgIpc) is 3.01. The van der Waals surface area contributed by atoms with Crippen molar-refractivity contribution in [2.45, 2.75) is 26.3 Å². The number of hydrogen-bond acceptors (Lipinski definition) is 3. The van der Waals surface area contributed by atoms with Gasteiger partial charge >= 0.3 is 0 Å². The van der Waals surface area contributed by atoms with Crippen LogP contribution in [0.1, 0.15) is 25.5 Å². The quantitative estimate of drug-likeness (QED) is 0.660. The van der Waals surface area contributed by atoms with E-state index in [1.54, 1.807) is 6.20 Å². The third-order valence-electron chi connectivity index (χ3n) is 3.94. The summed E-state index contributed by atoms with van der Waals surface area (Å²) in [7, 11) is -3.39. The molecule has 24 heavy (non-hydrogen) atoms. The van der Waals surface area contributed by atoms with Crippen LogP contribution >= 0.6 is 0 Å². The van der Waals surface area contributed by atoms with Crippen LogP contribution in [0.4, 0.5) is 5.69 Å². The molecule has 5 nitrogen and oxygen atoms in total. The van der Waals surface area contributed by atoms with E-state index in [9.17, 15) is 8.42 Å². The van der Waals surface area contributed by atoms with Gasteiger partial charge < -0.3 is 4.40 Å². The summed E-state index contributed by atoms with van der Waals surface area (Å²) in [5.41, 5.74) is 2.33. The Balaban J connectivity index is 1.99. The predicted octanol–water partition coefficient (Wildman–Crippen LogP) is 3.47. The number of benzene rings is 1. The minimum atomic E-state index is -3.39. The van der Waals surface area contributed by atoms with Crippen LogP contribution in [0.3, 0.4) is 0 Å². The van der Waals surface area contributed by atoms with Crippen LogP contribution in [0.2, 0.25) is 0 Å². The zero-order valence-electron chi connectivity index (χ0n) is 13.7. The lowest BCUT2D eigenvalue weighted by Crippen LogP contribution is -2.33. The second kappa shape index (κ2) is 7.05. The van der Waals surface area contributed by atoms with Gasteiger partial charge in [0.15, 0.2) is 0 Å². The van der Waals surface area contributed by atoms with Crippen molar-refractivity contribution in [3.8, 4) is 0 Å². The van der Waals surface area contributed by atoms with Crippen molar-refractivity contribution in [3.63, 3.8) is 0 Å². The molecule has 0 aliphatic heterocycles. The van der Waals surface area contributed by atoms with Gasteiger partial charge in [-0.05, 0) is 30.7 Å². The maximum absolute atomic E-state index is 12.8. The first kappa shape index (κ1) is 16.5. The fourth-order valence-electron chi connectivity index (χ4n) is 2.63. The number of fused-ring (bicyclic) bond motifs is 1. The lowest BCUT2D eigenvalue weighted by atomic mass is 10.3. The summed E-state index contributed by atoms with van der Waals surface area (Å²) in [5.74, 6) is 0.148. The van der Waals surface area contributed by atoms with Gasteiger partial charge in [0, 0.05) is 6.20 Å². The van der Waals surface area contributed by atoms with E-state index < -0.39 is 10.0 Å². The molecule has 3 rings (SSSR count). The standard InChI is InChI=1S/C18H21N3O2S/c1-2-3-13-24(22,23)21(16-9-5-4-6-10-16)15-17-14-19-18-11-7-8-12-20(17)18/h4-12,14H,2-3,13,15H2,1H3. The molecule has 126 valence electrons.